The van der Waals surface area contributed by atoms with Crippen molar-refractivity contribution in [1.29, 1.82) is 0 Å². The van der Waals surface area contributed by atoms with E-state index in [4.69, 9.17) is 0 Å². The van der Waals surface area contributed by atoms with Crippen molar-refractivity contribution in [2.75, 3.05) is 7.11 Å². The molecular weight excluding hydrogens is 140 g/mol. The second-order valence-electron chi connectivity index (χ2n) is 2.21. The molecule has 0 aliphatic heterocycles. The first-order valence-corrected chi connectivity index (χ1v) is 3.66. The first kappa shape index (κ1) is 9.95. The van der Waals surface area contributed by atoms with E-state index in [1.54, 1.807) is 6.08 Å². The zero-order chi connectivity index (χ0) is 8.69. The molecular formula is C9H14O2. The summed E-state index contributed by atoms with van der Waals surface area (Å²) in [5, 5.41) is 0. The van der Waals surface area contributed by atoms with Crippen molar-refractivity contribution in [2.45, 2.75) is 19.8 Å². The Labute approximate surface area is 67.6 Å². The van der Waals surface area contributed by atoms with Crippen LogP contribution in [0.4, 0.5) is 0 Å². The lowest BCUT2D eigenvalue weighted by molar-refractivity contribution is -0.135. The fraction of sp³-hybridized carbons (Fsp3) is 0.444. The zero-order valence-electron chi connectivity index (χ0n) is 7.09. The molecule has 0 saturated carbocycles. The van der Waals surface area contributed by atoms with E-state index in [-0.39, 0.29) is 5.97 Å². The fourth-order valence-corrected chi connectivity index (χ4v) is 0.591. The fourth-order valence-electron chi connectivity index (χ4n) is 0.591. The number of ether oxygens (including phenoxy) is 1. The van der Waals surface area contributed by atoms with Gasteiger partial charge in [-0.1, -0.05) is 32.1 Å². The predicted molar refractivity (Wildman–Crippen MR) is 45.2 cm³/mol. The van der Waals surface area contributed by atoms with Gasteiger partial charge in [0, 0.05) is 0 Å². The minimum atomic E-state index is -0.364. The maximum atomic E-state index is 10.7. The average molecular weight is 154 g/mol. The van der Waals surface area contributed by atoms with Crippen LogP contribution in [0.5, 0.6) is 0 Å². The van der Waals surface area contributed by atoms with Crippen LogP contribution in [0, 0.1) is 0 Å². The number of allylic oxidation sites excluding steroid dienone is 1. The molecule has 0 aromatic rings. The second-order valence-corrected chi connectivity index (χ2v) is 2.21. The minimum absolute atomic E-state index is 0.364. The first-order valence-electron chi connectivity index (χ1n) is 3.66. The van der Waals surface area contributed by atoms with E-state index in [1.165, 1.54) is 7.11 Å². The number of rotatable bonds is 4. The summed E-state index contributed by atoms with van der Waals surface area (Å²) in [4.78, 5) is 10.7. The lowest BCUT2D eigenvalue weighted by Crippen LogP contribution is -2.00. The molecule has 0 amide bonds. The summed E-state index contributed by atoms with van der Waals surface area (Å²) in [7, 11) is 1.35. The molecule has 0 aliphatic rings. The van der Waals surface area contributed by atoms with E-state index in [0.29, 0.717) is 5.57 Å². The molecule has 62 valence electrons. The molecule has 0 aromatic heterocycles. The summed E-state index contributed by atoms with van der Waals surface area (Å²) in [5.41, 5.74) is 0.404. The Hall–Kier alpha value is -1.05. The van der Waals surface area contributed by atoms with Gasteiger partial charge in [0.1, 0.15) is 0 Å². The van der Waals surface area contributed by atoms with E-state index in [1.807, 2.05) is 6.08 Å². The van der Waals surface area contributed by atoms with Gasteiger partial charge in [0.2, 0.25) is 0 Å². The summed E-state index contributed by atoms with van der Waals surface area (Å²) in [5.74, 6) is -0.364. The predicted octanol–water partition coefficient (Wildman–Crippen LogP) is 2.07. The van der Waals surface area contributed by atoms with Gasteiger partial charge in [-0.25, -0.2) is 4.79 Å². The lowest BCUT2D eigenvalue weighted by Gasteiger charge is -1.95. The molecule has 2 nitrogen and oxygen atoms in total. The minimum Gasteiger partial charge on any atom is -0.465 e. The van der Waals surface area contributed by atoms with Crippen LogP contribution in [-0.4, -0.2) is 13.1 Å². The van der Waals surface area contributed by atoms with Crippen LogP contribution in [0.1, 0.15) is 19.8 Å². The largest absolute Gasteiger partial charge is 0.465 e. The van der Waals surface area contributed by atoms with Gasteiger partial charge in [0.05, 0.1) is 12.7 Å². The number of unbranched alkanes of at least 4 members (excludes halogenated alkanes) is 1. The van der Waals surface area contributed by atoms with E-state index in [0.717, 1.165) is 12.8 Å². The third-order valence-electron chi connectivity index (χ3n) is 1.22. The monoisotopic (exact) mass is 154 g/mol. The quantitative estimate of drug-likeness (QED) is 0.352. The van der Waals surface area contributed by atoms with Gasteiger partial charge in [0.25, 0.3) is 0 Å². The lowest BCUT2D eigenvalue weighted by atomic mass is 10.2. The van der Waals surface area contributed by atoms with Crippen LogP contribution in [0.25, 0.3) is 0 Å². The van der Waals surface area contributed by atoms with Crippen LogP contribution in [0.2, 0.25) is 0 Å². The van der Waals surface area contributed by atoms with E-state index >= 15 is 0 Å². The summed E-state index contributed by atoms with van der Waals surface area (Å²) in [6, 6.07) is 0. The highest BCUT2D eigenvalue weighted by Gasteiger charge is 1.99. The number of esters is 1. The summed E-state index contributed by atoms with van der Waals surface area (Å²) in [6.07, 6.45) is 5.65. The van der Waals surface area contributed by atoms with E-state index < -0.39 is 0 Å². The number of carbonyl (C=O) groups excluding carboxylic acids is 1. The first-order chi connectivity index (χ1) is 5.22. The van der Waals surface area contributed by atoms with Gasteiger partial charge in [-0.2, -0.15) is 0 Å². The molecule has 0 saturated heterocycles. The zero-order valence-corrected chi connectivity index (χ0v) is 7.09. The molecule has 0 atom stereocenters. The molecule has 0 spiro atoms. The molecule has 0 unspecified atom stereocenters. The normalized spacial score (nSPS) is 10.0. The van der Waals surface area contributed by atoms with Crippen LogP contribution in [0.3, 0.4) is 0 Å². The number of hydrogen-bond acceptors (Lipinski definition) is 2. The third-order valence-corrected chi connectivity index (χ3v) is 1.22. The highest BCUT2D eigenvalue weighted by molar-refractivity contribution is 5.90. The molecule has 0 fully saturated rings. The van der Waals surface area contributed by atoms with Crippen molar-refractivity contribution in [1.82, 2.24) is 0 Å². The molecule has 0 aromatic carbocycles. The molecule has 0 rings (SSSR count). The van der Waals surface area contributed by atoms with Crippen molar-refractivity contribution >= 4 is 5.97 Å². The van der Waals surface area contributed by atoms with Crippen molar-refractivity contribution in [3.05, 3.63) is 24.3 Å². The van der Waals surface area contributed by atoms with Crippen molar-refractivity contribution in [2.24, 2.45) is 0 Å². The second kappa shape index (κ2) is 5.71. The molecule has 2 heteroatoms. The Morgan fingerprint density at radius 2 is 2.27 bits per heavy atom. The summed E-state index contributed by atoms with van der Waals surface area (Å²) >= 11 is 0. The maximum Gasteiger partial charge on any atom is 0.337 e. The summed E-state index contributed by atoms with van der Waals surface area (Å²) < 4.78 is 4.45. The Morgan fingerprint density at radius 3 is 2.73 bits per heavy atom. The maximum absolute atomic E-state index is 10.7. The third kappa shape index (κ3) is 4.37. The van der Waals surface area contributed by atoms with Gasteiger partial charge >= 0.3 is 5.97 Å². The van der Waals surface area contributed by atoms with Crippen LogP contribution < -0.4 is 0 Å². The van der Waals surface area contributed by atoms with Gasteiger partial charge in [0.15, 0.2) is 0 Å². The summed E-state index contributed by atoms with van der Waals surface area (Å²) in [6.45, 7) is 5.61. The Bertz CT molecular complexity index is 168. The Balaban J connectivity index is 3.77. The van der Waals surface area contributed by atoms with Gasteiger partial charge in [-0.15, -0.1) is 0 Å². The van der Waals surface area contributed by atoms with E-state index in [2.05, 4.69) is 18.2 Å². The molecule has 0 radical (unpaired) electrons. The van der Waals surface area contributed by atoms with Crippen LogP contribution in [0.15, 0.2) is 24.3 Å². The molecule has 0 aliphatic carbocycles. The molecule has 0 N–H and O–H groups in total. The van der Waals surface area contributed by atoms with Gasteiger partial charge in [-0.05, 0) is 6.42 Å². The average Bonchev–Trinajstić information content (AvgIpc) is 2.03. The molecule has 11 heavy (non-hydrogen) atoms. The Kier molecular flexibility index (Phi) is 5.17. The Morgan fingerprint density at radius 1 is 1.64 bits per heavy atom. The van der Waals surface area contributed by atoms with Crippen LogP contribution in [-0.2, 0) is 9.53 Å². The van der Waals surface area contributed by atoms with Crippen molar-refractivity contribution in [3.63, 3.8) is 0 Å². The van der Waals surface area contributed by atoms with E-state index in [9.17, 15) is 4.79 Å². The SMILES string of the molecule is C=C(C=CCCC)C(=O)OC. The number of methoxy groups -OCH3 is 1. The smallest absolute Gasteiger partial charge is 0.337 e. The highest BCUT2D eigenvalue weighted by atomic mass is 16.5. The topological polar surface area (TPSA) is 26.3 Å². The molecule has 0 heterocycles. The van der Waals surface area contributed by atoms with Crippen LogP contribution >= 0.6 is 0 Å². The number of carbonyl (C=O) groups is 1. The van der Waals surface area contributed by atoms with Gasteiger partial charge in [-0.3, -0.25) is 0 Å². The van der Waals surface area contributed by atoms with Gasteiger partial charge < -0.3 is 4.74 Å². The van der Waals surface area contributed by atoms with Crippen molar-refractivity contribution < 1.29 is 9.53 Å². The number of hydrogen-bond donors (Lipinski definition) is 0. The van der Waals surface area contributed by atoms with Crippen molar-refractivity contribution in [3.8, 4) is 0 Å². The highest BCUT2D eigenvalue weighted by Crippen LogP contribution is 1.98. The molecule has 0 bridgehead atoms. The standard InChI is InChI=1S/C9H14O2/c1-4-5-6-7-8(2)9(10)11-3/h6-7H,2,4-5H2,1,3H3.